The molecule has 204 valence electrons. The van der Waals surface area contributed by atoms with Gasteiger partial charge in [-0.25, -0.2) is 0 Å². The van der Waals surface area contributed by atoms with Gasteiger partial charge in [0.05, 0.1) is 12.2 Å². The number of unbranched alkanes of at least 4 members (excludes halogenated alkanes) is 5. The zero-order chi connectivity index (χ0) is 25.9. The summed E-state index contributed by atoms with van der Waals surface area (Å²) in [7, 11) is 0. The van der Waals surface area contributed by atoms with Crippen LogP contribution in [0.15, 0.2) is 0 Å². The molecule has 8 atom stereocenters. The molecule has 1 rings (SSSR count). The minimum Gasteiger partial charge on any atom is -0.393 e. The van der Waals surface area contributed by atoms with Crippen LogP contribution in [-0.4, -0.2) is 22.4 Å². The lowest BCUT2D eigenvalue weighted by Crippen LogP contribution is -2.25. The molecule has 0 heterocycles. The third-order valence-electron chi connectivity index (χ3n) is 9.30. The molecule has 0 amide bonds. The van der Waals surface area contributed by atoms with E-state index in [-0.39, 0.29) is 17.6 Å². The Labute approximate surface area is 215 Å². The largest absolute Gasteiger partial charge is 0.393 e. The highest BCUT2D eigenvalue weighted by atomic mass is 16.3. The molecule has 34 heavy (non-hydrogen) atoms. The molecule has 1 saturated carbocycles. The maximum absolute atomic E-state index is 10.4. The van der Waals surface area contributed by atoms with E-state index in [1.807, 2.05) is 13.8 Å². The Bertz CT molecular complexity index is 520. The molecule has 1 aliphatic carbocycles. The number of aliphatic hydroxyl groups is 2. The predicted octanol–water partition coefficient (Wildman–Crippen LogP) is 9.42. The normalized spacial score (nSPS) is 26.0. The van der Waals surface area contributed by atoms with Crippen molar-refractivity contribution in [2.45, 2.75) is 164 Å². The maximum Gasteiger partial charge on any atom is 0.0568 e. The summed E-state index contributed by atoms with van der Waals surface area (Å²) in [6.07, 6.45) is 17.8. The Kier molecular flexibility index (Phi) is 14.3. The topological polar surface area (TPSA) is 40.5 Å². The molecule has 0 aromatic carbocycles. The fraction of sp³-hybridized carbons (Fsp3) is 1.00. The second-order valence-electron chi connectivity index (χ2n) is 14.1. The Hall–Kier alpha value is -0.0800. The molecule has 2 nitrogen and oxygen atoms in total. The number of hydrogen-bond donors (Lipinski definition) is 2. The highest BCUT2D eigenvalue weighted by molar-refractivity contribution is 5.01. The quantitative estimate of drug-likeness (QED) is 0.181. The van der Waals surface area contributed by atoms with Gasteiger partial charge in [0.1, 0.15) is 0 Å². The van der Waals surface area contributed by atoms with Crippen LogP contribution in [0, 0.1) is 40.4 Å². The fourth-order valence-corrected chi connectivity index (χ4v) is 6.72. The first-order valence-electron chi connectivity index (χ1n) is 15.2. The summed E-state index contributed by atoms with van der Waals surface area (Å²) >= 11 is 0. The predicted molar refractivity (Wildman–Crippen MR) is 150 cm³/mol. The lowest BCUT2D eigenvalue weighted by atomic mass is 9.74. The van der Waals surface area contributed by atoms with Gasteiger partial charge in [-0.3, -0.25) is 0 Å². The first-order valence-corrected chi connectivity index (χ1v) is 15.2. The zero-order valence-electron chi connectivity index (χ0n) is 24.8. The van der Waals surface area contributed by atoms with Gasteiger partial charge in [0.25, 0.3) is 0 Å². The molecule has 0 spiro atoms. The molecule has 1 aliphatic rings. The Morgan fingerprint density at radius 2 is 1.41 bits per heavy atom. The van der Waals surface area contributed by atoms with Crippen molar-refractivity contribution in [2.75, 3.05) is 0 Å². The summed E-state index contributed by atoms with van der Waals surface area (Å²) in [5.74, 6) is 3.49. The van der Waals surface area contributed by atoms with E-state index in [9.17, 15) is 10.2 Å². The van der Waals surface area contributed by atoms with E-state index in [2.05, 4.69) is 48.5 Å². The van der Waals surface area contributed by atoms with Crippen LogP contribution in [0.3, 0.4) is 0 Å². The number of rotatable bonds is 19. The molecule has 0 aromatic heterocycles. The summed E-state index contributed by atoms with van der Waals surface area (Å²) in [6.45, 7) is 20.6. The third-order valence-corrected chi connectivity index (χ3v) is 9.30. The highest BCUT2D eigenvalue weighted by Crippen LogP contribution is 2.57. The summed E-state index contributed by atoms with van der Waals surface area (Å²) in [4.78, 5) is 0. The molecule has 0 bridgehead atoms. The molecule has 5 unspecified atom stereocenters. The summed E-state index contributed by atoms with van der Waals surface area (Å²) in [6, 6.07) is 0. The van der Waals surface area contributed by atoms with Gasteiger partial charge >= 0.3 is 0 Å². The van der Waals surface area contributed by atoms with E-state index >= 15 is 0 Å². The average molecular weight is 481 g/mol. The summed E-state index contributed by atoms with van der Waals surface area (Å²) in [5.41, 5.74) is 0.621. The Morgan fingerprint density at radius 3 is 1.94 bits per heavy atom. The van der Waals surface area contributed by atoms with Crippen molar-refractivity contribution in [2.24, 2.45) is 40.4 Å². The SMILES string of the molecule is CCCCC(C[C@H](C)C(CCCCCCCC1C[C@@]1(C)C(C)O)C[C@H](C)CC(C)(C)C)C(C)O. The van der Waals surface area contributed by atoms with Crippen molar-refractivity contribution in [1.82, 2.24) is 0 Å². The van der Waals surface area contributed by atoms with Crippen molar-refractivity contribution in [3.8, 4) is 0 Å². The smallest absolute Gasteiger partial charge is 0.0568 e. The van der Waals surface area contributed by atoms with Crippen molar-refractivity contribution in [1.29, 1.82) is 0 Å². The minimum absolute atomic E-state index is 0.146. The average Bonchev–Trinajstić information content (AvgIpc) is 3.39. The molecule has 0 aromatic rings. The molecule has 0 saturated heterocycles. The second kappa shape index (κ2) is 15.2. The molecule has 0 aliphatic heterocycles. The van der Waals surface area contributed by atoms with Crippen molar-refractivity contribution >= 4 is 0 Å². The summed E-state index contributed by atoms with van der Waals surface area (Å²) in [5, 5.41) is 20.3. The van der Waals surface area contributed by atoms with Crippen LogP contribution in [0.4, 0.5) is 0 Å². The first-order chi connectivity index (χ1) is 15.8. The van der Waals surface area contributed by atoms with Crippen LogP contribution in [0.2, 0.25) is 0 Å². The molecular formula is C32H64O2. The van der Waals surface area contributed by atoms with Crippen LogP contribution >= 0.6 is 0 Å². The van der Waals surface area contributed by atoms with Crippen molar-refractivity contribution in [3.05, 3.63) is 0 Å². The fourth-order valence-electron chi connectivity index (χ4n) is 6.72. The van der Waals surface area contributed by atoms with Crippen LogP contribution in [-0.2, 0) is 0 Å². The van der Waals surface area contributed by atoms with Crippen LogP contribution in [0.1, 0.15) is 152 Å². The van der Waals surface area contributed by atoms with Gasteiger partial charge in [-0.15, -0.1) is 0 Å². The van der Waals surface area contributed by atoms with Gasteiger partial charge in [-0.1, -0.05) is 99.8 Å². The molecular weight excluding hydrogens is 416 g/mol. The van der Waals surface area contributed by atoms with Gasteiger partial charge < -0.3 is 10.2 Å². The molecule has 2 N–H and O–H groups in total. The summed E-state index contributed by atoms with van der Waals surface area (Å²) < 4.78 is 0. The minimum atomic E-state index is -0.177. The van der Waals surface area contributed by atoms with Crippen LogP contribution in [0.25, 0.3) is 0 Å². The first kappa shape index (κ1) is 31.9. The van der Waals surface area contributed by atoms with Crippen molar-refractivity contribution in [3.63, 3.8) is 0 Å². The Balaban J connectivity index is 2.47. The van der Waals surface area contributed by atoms with Crippen molar-refractivity contribution < 1.29 is 10.2 Å². The zero-order valence-corrected chi connectivity index (χ0v) is 24.8. The maximum atomic E-state index is 10.4. The lowest BCUT2D eigenvalue weighted by molar-refractivity contribution is 0.0894. The number of aliphatic hydroxyl groups excluding tert-OH is 2. The van der Waals surface area contributed by atoms with E-state index in [1.165, 1.54) is 89.9 Å². The van der Waals surface area contributed by atoms with E-state index in [1.54, 1.807) is 0 Å². The van der Waals surface area contributed by atoms with E-state index in [0.29, 0.717) is 17.3 Å². The molecule has 1 fully saturated rings. The van der Waals surface area contributed by atoms with Gasteiger partial charge in [0, 0.05) is 0 Å². The van der Waals surface area contributed by atoms with Gasteiger partial charge in [-0.2, -0.15) is 0 Å². The van der Waals surface area contributed by atoms with Crippen LogP contribution < -0.4 is 0 Å². The van der Waals surface area contributed by atoms with Gasteiger partial charge in [0.2, 0.25) is 0 Å². The Morgan fingerprint density at radius 1 is 0.824 bits per heavy atom. The third kappa shape index (κ3) is 12.2. The highest BCUT2D eigenvalue weighted by Gasteiger charge is 2.52. The number of hydrogen-bond acceptors (Lipinski definition) is 2. The van der Waals surface area contributed by atoms with E-state index in [0.717, 1.165) is 17.8 Å². The van der Waals surface area contributed by atoms with Gasteiger partial charge in [0.15, 0.2) is 0 Å². The standard InChI is InChI=1S/C32H64O2/c1-10-11-17-29(26(4)33)21-25(3)28(20-24(2)22-31(6,7)8)18-15-13-12-14-16-19-30-23-32(30,9)27(5)34/h24-30,33-34H,10-23H2,1-9H3/t24-,25-,26?,27?,28?,29?,30?,32-/m0/s1. The van der Waals surface area contributed by atoms with Crippen LogP contribution in [0.5, 0.6) is 0 Å². The lowest BCUT2D eigenvalue weighted by Gasteiger charge is -2.32. The van der Waals surface area contributed by atoms with E-state index in [4.69, 9.17) is 0 Å². The van der Waals surface area contributed by atoms with E-state index < -0.39 is 0 Å². The molecule has 0 radical (unpaired) electrons. The molecule has 2 heteroatoms. The monoisotopic (exact) mass is 480 g/mol. The second-order valence-corrected chi connectivity index (χ2v) is 14.1. The van der Waals surface area contributed by atoms with Gasteiger partial charge in [-0.05, 0) is 92.8 Å².